The molecule has 0 aromatic heterocycles. The fourth-order valence-corrected chi connectivity index (χ4v) is 2.47. The number of aryl methyl sites for hydroxylation is 1. The third kappa shape index (κ3) is 6.46. The zero-order valence-electron chi connectivity index (χ0n) is 12.6. The topological polar surface area (TPSA) is 32.3 Å². The highest BCUT2D eigenvalue weighted by Crippen LogP contribution is 2.10. The molecule has 0 saturated heterocycles. The molecule has 0 atom stereocenters. The molecule has 0 heterocycles. The van der Waals surface area contributed by atoms with E-state index in [4.69, 9.17) is 0 Å². The zero-order chi connectivity index (χ0) is 14.8. The van der Waals surface area contributed by atoms with Crippen molar-refractivity contribution in [3.8, 4) is 5.75 Å². The number of unbranched alkanes of at least 4 members (excludes halogenated alkanes) is 2. The first-order valence-corrected chi connectivity index (χ1v) is 7.87. The van der Waals surface area contributed by atoms with E-state index in [1.807, 2.05) is 12.1 Å². The molecule has 0 aliphatic heterocycles. The summed E-state index contributed by atoms with van der Waals surface area (Å²) >= 11 is 0. The van der Waals surface area contributed by atoms with Crippen molar-refractivity contribution in [2.75, 3.05) is 13.1 Å². The van der Waals surface area contributed by atoms with Crippen molar-refractivity contribution in [1.82, 2.24) is 5.32 Å². The van der Waals surface area contributed by atoms with Crippen molar-refractivity contribution in [3.05, 3.63) is 65.7 Å². The minimum atomic E-state index is 0.355. The van der Waals surface area contributed by atoms with Crippen LogP contribution in [0.1, 0.15) is 30.4 Å². The molecule has 0 radical (unpaired) electrons. The Labute approximate surface area is 127 Å². The van der Waals surface area contributed by atoms with Crippen molar-refractivity contribution in [2.45, 2.75) is 32.1 Å². The van der Waals surface area contributed by atoms with Gasteiger partial charge in [0, 0.05) is 0 Å². The molecule has 0 bridgehead atoms. The molecule has 2 N–H and O–H groups in total. The second-order valence-electron chi connectivity index (χ2n) is 5.47. The van der Waals surface area contributed by atoms with Crippen molar-refractivity contribution in [3.63, 3.8) is 0 Å². The van der Waals surface area contributed by atoms with Crippen LogP contribution >= 0.6 is 0 Å². The van der Waals surface area contributed by atoms with E-state index in [1.54, 1.807) is 6.07 Å². The van der Waals surface area contributed by atoms with E-state index in [9.17, 15) is 5.11 Å². The molecule has 2 aromatic rings. The van der Waals surface area contributed by atoms with Crippen molar-refractivity contribution < 1.29 is 5.11 Å². The predicted octanol–water partition coefficient (Wildman–Crippen LogP) is 3.94. The van der Waals surface area contributed by atoms with Gasteiger partial charge in [-0.2, -0.15) is 0 Å². The highest BCUT2D eigenvalue weighted by atomic mass is 16.3. The summed E-state index contributed by atoms with van der Waals surface area (Å²) in [7, 11) is 0. The molecule has 112 valence electrons. The number of hydrogen-bond donors (Lipinski definition) is 2. The molecule has 2 nitrogen and oxygen atoms in total. The minimum absolute atomic E-state index is 0.355. The standard InChI is InChI=1S/C19H25NO/c21-19-12-7-11-18(16-19)13-15-20-14-6-2-5-10-17-8-3-1-4-9-17/h1,3-4,7-9,11-12,16,20-21H,2,5-6,10,13-15H2. The molecular formula is C19H25NO. The van der Waals surface area contributed by atoms with E-state index in [0.717, 1.165) is 19.5 Å². The molecule has 21 heavy (non-hydrogen) atoms. The Kier molecular flexibility index (Phi) is 6.82. The fraction of sp³-hybridized carbons (Fsp3) is 0.368. The maximum Gasteiger partial charge on any atom is 0.115 e. The van der Waals surface area contributed by atoms with Crippen LogP contribution < -0.4 is 5.32 Å². The smallest absolute Gasteiger partial charge is 0.115 e. The first kappa shape index (κ1) is 15.6. The summed E-state index contributed by atoms with van der Waals surface area (Å²) in [6.45, 7) is 2.05. The summed E-state index contributed by atoms with van der Waals surface area (Å²) < 4.78 is 0. The quantitative estimate of drug-likeness (QED) is 0.683. The number of nitrogens with one attached hydrogen (secondary N) is 1. The summed E-state index contributed by atoms with van der Waals surface area (Å²) in [6.07, 6.45) is 5.92. The average molecular weight is 283 g/mol. The Morgan fingerprint density at radius 1 is 0.714 bits per heavy atom. The number of benzene rings is 2. The summed E-state index contributed by atoms with van der Waals surface area (Å²) in [5.74, 6) is 0.355. The number of hydrogen-bond acceptors (Lipinski definition) is 2. The van der Waals surface area contributed by atoms with Gasteiger partial charge >= 0.3 is 0 Å². The lowest BCUT2D eigenvalue weighted by Crippen LogP contribution is -2.18. The molecule has 2 heteroatoms. The molecule has 2 rings (SSSR count). The number of rotatable bonds is 9. The third-order valence-corrected chi connectivity index (χ3v) is 3.66. The van der Waals surface area contributed by atoms with Crippen LogP contribution in [0.5, 0.6) is 5.75 Å². The van der Waals surface area contributed by atoms with E-state index in [0.29, 0.717) is 5.75 Å². The molecule has 0 aliphatic carbocycles. The summed E-state index contributed by atoms with van der Waals surface area (Å²) in [5, 5.41) is 12.9. The molecule has 0 amide bonds. The molecule has 0 aliphatic rings. The monoisotopic (exact) mass is 283 g/mol. The van der Waals surface area contributed by atoms with Gasteiger partial charge in [0.1, 0.15) is 5.75 Å². The number of aromatic hydroxyl groups is 1. The van der Waals surface area contributed by atoms with E-state index >= 15 is 0 Å². The Morgan fingerprint density at radius 3 is 2.33 bits per heavy atom. The Bertz CT molecular complexity index is 510. The average Bonchev–Trinajstić information content (AvgIpc) is 2.51. The minimum Gasteiger partial charge on any atom is -0.508 e. The van der Waals surface area contributed by atoms with E-state index in [1.165, 1.54) is 36.8 Å². The first-order chi connectivity index (χ1) is 10.3. The second-order valence-corrected chi connectivity index (χ2v) is 5.47. The van der Waals surface area contributed by atoms with Gasteiger partial charge in [-0.05, 0) is 62.0 Å². The lowest BCUT2D eigenvalue weighted by Gasteiger charge is -2.06. The van der Waals surface area contributed by atoms with Crippen LogP contribution in [-0.4, -0.2) is 18.2 Å². The van der Waals surface area contributed by atoms with Gasteiger partial charge in [-0.1, -0.05) is 48.9 Å². The van der Waals surface area contributed by atoms with Crippen LogP contribution in [0.2, 0.25) is 0 Å². The van der Waals surface area contributed by atoms with Crippen LogP contribution in [0.4, 0.5) is 0 Å². The normalized spacial score (nSPS) is 10.7. The van der Waals surface area contributed by atoms with Crippen molar-refractivity contribution in [2.24, 2.45) is 0 Å². The van der Waals surface area contributed by atoms with Gasteiger partial charge in [0.2, 0.25) is 0 Å². The molecule has 0 saturated carbocycles. The van der Waals surface area contributed by atoms with E-state index in [2.05, 4.69) is 41.7 Å². The van der Waals surface area contributed by atoms with Gasteiger partial charge in [-0.15, -0.1) is 0 Å². The SMILES string of the molecule is Oc1cccc(CCNCCCCCc2ccccc2)c1. The van der Waals surface area contributed by atoms with Gasteiger partial charge in [-0.25, -0.2) is 0 Å². The first-order valence-electron chi connectivity index (χ1n) is 7.87. The van der Waals surface area contributed by atoms with Crippen LogP contribution in [0.25, 0.3) is 0 Å². The van der Waals surface area contributed by atoms with Gasteiger partial charge in [0.25, 0.3) is 0 Å². The molecule has 2 aromatic carbocycles. The van der Waals surface area contributed by atoms with Crippen LogP contribution in [-0.2, 0) is 12.8 Å². The van der Waals surface area contributed by atoms with Gasteiger partial charge in [-0.3, -0.25) is 0 Å². The second kappa shape index (κ2) is 9.19. The number of phenolic OH excluding ortho intramolecular Hbond substituents is 1. The Hall–Kier alpha value is -1.80. The van der Waals surface area contributed by atoms with Crippen LogP contribution in [0.15, 0.2) is 54.6 Å². The van der Waals surface area contributed by atoms with E-state index in [-0.39, 0.29) is 0 Å². The van der Waals surface area contributed by atoms with E-state index < -0.39 is 0 Å². The van der Waals surface area contributed by atoms with Gasteiger partial charge in [0.05, 0.1) is 0 Å². The fourth-order valence-electron chi connectivity index (χ4n) is 2.47. The highest BCUT2D eigenvalue weighted by Gasteiger charge is 1.95. The zero-order valence-corrected chi connectivity index (χ0v) is 12.6. The van der Waals surface area contributed by atoms with Gasteiger partial charge in [0.15, 0.2) is 0 Å². The third-order valence-electron chi connectivity index (χ3n) is 3.66. The van der Waals surface area contributed by atoms with Crippen LogP contribution in [0.3, 0.4) is 0 Å². The predicted molar refractivity (Wildman–Crippen MR) is 88.7 cm³/mol. The molecular weight excluding hydrogens is 258 g/mol. The summed E-state index contributed by atoms with van der Waals surface area (Å²) in [5.41, 5.74) is 2.63. The largest absolute Gasteiger partial charge is 0.508 e. The van der Waals surface area contributed by atoms with Crippen molar-refractivity contribution >= 4 is 0 Å². The molecule has 0 unspecified atom stereocenters. The highest BCUT2D eigenvalue weighted by molar-refractivity contribution is 5.27. The Morgan fingerprint density at radius 2 is 1.52 bits per heavy atom. The molecule has 0 spiro atoms. The maximum atomic E-state index is 9.39. The summed E-state index contributed by atoms with van der Waals surface area (Å²) in [4.78, 5) is 0. The maximum absolute atomic E-state index is 9.39. The summed E-state index contributed by atoms with van der Waals surface area (Å²) in [6, 6.07) is 18.2. The lowest BCUT2D eigenvalue weighted by atomic mass is 10.1. The number of phenols is 1. The Balaban J connectivity index is 1.47. The molecule has 0 fully saturated rings. The van der Waals surface area contributed by atoms with Crippen molar-refractivity contribution in [1.29, 1.82) is 0 Å². The lowest BCUT2D eigenvalue weighted by molar-refractivity contribution is 0.474. The van der Waals surface area contributed by atoms with Crippen LogP contribution in [0, 0.1) is 0 Å². The van der Waals surface area contributed by atoms with Gasteiger partial charge < -0.3 is 10.4 Å².